The molecule has 0 radical (unpaired) electrons. The van der Waals surface area contributed by atoms with Crippen LogP contribution >= 0.6 is 0 Å². The van der Waals surface area contributed by atoms with Crippen LogP contribution in [0.1, 0.15) is 22.3 Å². The van der Waals surface area contributed by atoms with E-state index in [2.05, 4.69) is 194 Å². The van der Waals surface area contributed by atoms with Crippen LogP contribution in [0, 0.1) is 13.8 Å². The Morgan fingerprint density at radius 2 is 0.714 bits per heavy atom. The number of hydrogen-bond donors (Lipinski definition) is 0. The van der Waals surface area contributed by atoms with E-state index in [4.69, 9.17) is 0 Å². The van der Waals surface area contributed by atoms with Gasteiger partial charge in [0.15, 0.2) is 0 Å². The van der Waals surface area contributed by atoms with Crippen molar-refractivity contribution in [3.05, 3.63) is 180 Å². The first-order chi connectivity index (χ1) is 20.6. The van der Waals surface area contributed by atoms with Crippen molar-refractivity contribution in [1.82, 2.24) is 0 Å². The van der Waals surface area contributed by atoms with Crippen LogP contribution in [0.5, 0.6) is 0 Å². The third-order valence-corrected chi connectivity index (χ3v) is 7.35. The molecule has 0 spiro atoms. The molecule has 0 aliphatic rings. The molecule has 0 aliphatic carbocycles. The van der Waals surface area contributed by atoms with E-state index < -0.39 is 0 Å². The van der Waals surface area contributed by atoms with E-state index in [1.54, 1.807) is 0 Å². The van der Waals surface area contributed by atoms with Crippen molar-refractivity contribution in [3.63, 3.8) is 0 Å². The second-order valence-electron chi connectivity index (χ2n) is 10.5. The molecule has 42 heavy (non-hydrogen) atoms. The summed E-state index contributed by atoms with van der Waals surface area (Å²) in [4.78, 5) is 4.59. The number of aryl methyl sites for hydroxylation is 2. The Labute approximate surface area is 249 Å². The molecule has 0 heterocycles. The third-order valence-electron chi connectivity index (χ3n) is 7.35. The van der Waals surface area contributed by atoms with Gasteiger partial charge in [-0.05, 0) is 103 Å². The topological polar surface area (TPSA) is 6.48 Å². The van der Waals surface area contributed by atoms with Gasteiger partial charge in [-0.15, -0.1) is 0 Å². The predicted molar refractivity (Wildman–Crippen MR) is 181 cm³/mol. The van der Waals surface area contributed by atoms with E-state index in [-0.39, 0.29) is 0 Å². The average molecular weight is 543 g/mol. The second kappa shape index (κ2) is 12.4. The molecule has 0 amide bonds. The highest BCUT2D eigenvalue weighted by atomic mass is 15.1. The van der Waals surface area contributed by atoms with Crippen LogP contribution in [0.2, 0.25) is 0 Å². The van der Waals surface area contributed by atoms with Crippen molar-refractivity contribution < 1.29 is 0 Å². The highest BCUT2D eigenvalue weighted by molar-refractivity contribution is 5.80. The minimum Gasteiger partial charge on any atom is -0.311 e. The normalized spacial score (nSPS) is 11.0. The van der Waals surface area contributed by atoms with Crippen molar-refractivity contribution in [2.45, 2.75) is 13.8 Å². The lowest BCUT2D eigenvalue weighted by molar-refractivity contribution is 1.26. The Hall–Kier alpha value is -5.34. The molecule has 2 nitrogen and oxygen atoms in total. The molecule has 6 aromatic carbocycles. The molecule has 0 aromatic heterocycles. The molecule has 2 heteroatoms. The molecule has 6 aromatic rings. The molecular weight excluding hydrogens is 508 g/mol. The zero-order chi connectivity index (χ0) is 28.7. The summed E-state index contributed by atoms with van der Waals surface area (Å²) in [5.74, 6) is 0. The highest BCUT2D eigenvalue weighted by Gasteiger charge is 2.13. The Kier molecular flexibility index (Phi) is 7.96. The molecule has 0 atom stereocenters. The fourth-order valence-electron chi connectivity index (χ4n) is 5.17. The number of hydrogen-bond acceptors (Lipinski definition) is 2. The van der Waals surface area contributed by atoms with E-state index in [9.17, 15) is 0 Å². The third kappa shape index (κ3) is 6.19. The molecule has 6 rings (SSSR count). The summed E-state index contributed by atoms with van der Waals surface area (Å²) in [5.41, 5.74) is 11.6. The van der Waals surface area contributed by atoms with Crippen LogP contribution < -0.4 is 9.80 Å². The fraction of sp³-hybridized carbons (Fsp3) is 0.0500. The lowest BCUT2D eigenvalue weighted by Gasteiger charge is -2.26. The van der Waals surface area contributed by atoms with Gasteiger partial charge in [0, 0.05) is 34.1 Å². The van der Waals surface area contributed by atoms with Gasteiger partial charge in [-0.2, -0.15) is 0 Å². The number of rotatable bonds is 8. The monoisotopic (exact) mass is 542 g/mol. The van der Waals surface area contributed by atoms with Gasteiger partial charge in [0.2, 0.25) is 0 Å². The average Bonchev–Trinajstić information content (AvgIpc) is 3.04. The summed E-state index contributed by atoms with van der Waals surface area (Å²) in [6.45, 7) is 4.26. The quantitative estimate of drug-likeness (QED) is 0.176. The minimum atomic E-state index is 1.13. The summed E-state index contributed by atoms with van der Waals surface area (Å²) in [7, 11) is 0. The lowest BCUT2D eigenvalue weighted by Crippen LogP contribution is -2.10. The summed E-state index contributed by atoms with van der Waals surface area (Å²) >= 11 is 0. The van der Waals surface area contributed by atoms with Gasteiger partial charge in [-0.25, -0.2) is 0 Å². The van der Waals surface area contributed by atoms with Crippen molar-refractivity contribution in [1.29, 1.82) is 0 Å². The van der Waals surface area contributed by atoms with E-state index in [0.717, 1.165) is 45.3 Å². The summed E-state index contributed by atoms with van der Waals surface area (Å²) in [6, 6.07) is 55.8. The first-order valence-corrected chi connectivity index (χ1v) is 14.4. The number of anilines is 6. The van der Waals surface area contributed by atoms with Crippen molar-refractivity contribution in [2.24, 2.45) is 0 Å². The van der Waals surface area contributed by atoms with Crippen LogP contribution in [0.15, 0.2) is 158 Å². The standard InChI is InChI=1S/C40H34N2/c1-31-16-24-37(25-17-31)42(40-15-9-10-32(2)30-40)39-28-22-34(23-29-39)19-18-33-20-26-38(27-21-33)41(35-11-5-3-6-12-35)36-13-7-4-8-14-36/h3-30H,1-2H3. The number of nitrogens with zero attached hydrogens (tertiary/aromatic N) is 2. The van der Waals surface area contributed by atoms with Crippen molar-refractivity contribution in [2.75, 3.05) is 9.80 Å². The second-order valence-corrected chi connectivity index (χ2v) is 10.5. The van der Waals surface area contributed by atoms with Crippen LogP contribution in [0.4, 0.5) is 34.1 Å². The molecule has 0 unspecified atom stereocenters. The molecule has 0 bridgehead atoms. The maximum absolute atomic E-state index is 2.31. The number of benzene rings is 6. The largest absolute Gasteiger partial charge is 0.311 e. The zero-order valence-corrected chi connectivity index (χ0v) is 24.1. The highest BCUT2D eigenvalue weighted by Crippen LogP contribution is 2.36. The predicted octanol–water partition coefficient (Wildman–Crippen LogP) is 11.4. The summed E-state index contributed by atoms with van der Waals surface area (Å²) < 4.78 is 0. The molecule has 0 fully saturated rings. The van der Waals surface area contributed by atoms with Crippen molar-refractivity contribution >= 4 is 46.3 Å². The first kappa shape index (κ1) is 26.9. The zero-order valence-electron chi connectivity index (χ0n) is 24.1. The van der Waals surface area contributed by atoms with E-state index in [1.807, 2.05) is 0 Å². The van der Waals surface area contributed by atoms with Gasteiger partial charge in [-0.3, -0.25) is 0 Å². The van der Waals surface area contributed by atoms with Crippen LogP contribution in [0.25, 0.3) is 12.2 Å². The van der Waals surface area contributed by atoms with Crippen LogP contribution in [-0.2, 0) is 0 Å². The molecule has 0 N–H and O–H groups in total. The van der Waals surface area contributed by atoms with Gasteiger partial charge in [-0.1, -0.05) is 103 Å². The van der Waals surface area contributed by atoms with Gasteiger partial charge in [0.05, 0.1) is 0 Å². The van der Waals surface area contributed by atoms with Gasteiger partial charge < -0.3 is 9.80 Å². The molecular formula is C40H34N2. The smallest absolute Gasteiger partial charge is 0.0464 e. The maximum Gasteiger partial charge on any atom is 0.0464 e. The fourth-order valence-corrected chi connectivity index (χ4v) is 5.17. The van der Waals surface area contributed by atoms with Gasteiger partial charge >= 0.3 is 0 Å². The molecule has 0 saturated heterocycles. The van der Waals surface area contributed by atoms with E-state index in [1.165, 1.54) is 11.1 Å². The Balaban J connectivity index is 1.23. The molecule has 0 saturated carbocycles. The molecule has 0 aliphatic heterocycles. The minimum absolute atomic E-state index is 1.13. The summed E-state index contributed by atoms with van der Waals surface area (Å²) in [5, 5.41) is 0. The lowest BCUT2D eigenvalue weighted by atomic mass is 10.1. The van der Waals surface area contributed by atoms with Gasteiger partial charge in [0.1, 0.15) is 0 Å². The number of para-hydroxylation sites is 2. The molecule has 204 valence electrons. The SMILES string of the molecule is Cc1ccc(N(c2ccc(C=Cc3ccc(N(c4ccccc4)c4ccccc4)cc3)cc2)c2cccc(C)c2)cc1. The van der Waals surface area contributed by atoms with Crippen LogP contribution in [-0.4, -0.2) is 0 Å². The van der Waals surface area contributed by atoms with E-state index in [0.29, 0.717) is 0 Å². The maximum atomic E-state index is 2.31. The Bertz CT molecular complexity index is 1710. The summed E-state index contributed by atoms with van der Waals surface area (Å²) in [6.07, 6.45) is 4.35. The van der Waals surface area contributed by atoms with Crippen molar-refractivity contribution in [3.8, 4) is 0 Å². The van der Waals surface area contributed by atoms with Crippen LogP contribution in [0.3, 0.4) is 0 Å². The first-order valence-electron chi connectivity index (χ1n) is 14.4. The van der Waals surface area contributed by atoms with Gasteiger partial charge in [0.25, 0.3) is 0 Å². The Morgan fingerprint density at radius 3 is 1.17 bits per heavy atom. The Morgan fingerprint density at radius 1 is 0.333 bits per heavy atom. The van der Waals surface area contributed by atoms with E-state index >= 15 is 0 Å².